The van der Waals surface area contributed by atoms with E-state index >= 15 is 0 Å². The number of alkyl halides is 3. The predicted molar refractivity (Wildman–Crippen MR) is 41.1 cm³/mol. The number of halogens is 4. The number of Topliss-reactive ketones (excluding diaryl/α,β-unsaturated/α-hetero) is 1. The standard InChI is InChI=1S/C6H10F3NO.ClH/c1-3(2)4(10)5(11)6(7,8)9;/h3-4H,10H2,1-2H3;1H/t4-;/m0./s1. The van der Waals surface area contributed by atoms with Crippen molar-refractivity contribution in [3.63, 3.8) is 0 Å². The summed E-state index contributed by atoms with van der Waals surface area (Å²) in [7, 11) is 0. The maximum atomic E-state index is 11.6. The van der Waals surface area contributed by atoms with Crippen LogP contribution < -0.4 is 5.73 Å². The first kappa shape index (κ1) is 14.2. The Balaban J connectivity index is 0. The molecule has 0 saturated heterocycles. The van der Waals surface area contributed by atoms with Crippen molar-refractivity contribution >= 4 is 18.2 Å². The highest BCUT2D eigenvalue weighted by Gasteiger charge is 2.42. The van der Waals surface area contributed by atoms with E-state index in [0.29, 0.717) is 0 Å². The molecule has 0 aromatic carbocycles. The fourth-order valence-electron chi connectivity index (χ4n) is 0.492. The molecule has 0 aliphatic heterocycles. The summed E-state index contributed by atoms with van der Waals surface area (Å²) in [5, 5.41) is 0. The van der Waals surface area contributed by atoms with Crippen LogP contribution in [-0.2, 0) is 4.79 Å². The summed E-state index contributed by atoms with van der Waals surface area (Å²) in [5.41, 5.74) is 4.98. The maximum Gasteiger partial charge on any atom is 0.451 e. The van der Waals surface area contributed by atoms with Crippen LogP contribution in [0.2, 0.25) is 0 Å². The zero-order valence-electron chi connectivity index (χ0n) is 6.68. The Morgan fingerprint density at radius 3 is 1.75 bits per heavy atom. The molecule has 74 valence electrons. The Labute approximate surface area is 74.7 Å². The molecule has 0 radical (unpaired) electrons. The van der Waals surface area contributed by atoms with Gasteiger partial charge in [0.25, 0.3) is 5.78 Å². The van der Waals surface area contributed by atoms with Gasteiger partial charge in [0.15, 0.2) is 0 Å². The average molecular weight is 206 g/mol. The second-order valence-electron chi connectivity index (χ2n) is 2.63. The number of rotatable bonds is 2. The third-order valence-electron chi connectivity index (χ3n) is 1.30. The molecule has 6 heteroatoms. The summed E-state index contributed by atoms with van der Waals surface area (Å²) in [6.45, 7) is 2.93. The van der Waals surface area contributed by atoms with Crippen molar-refractivity contribution in [2.45, 2.75) is 26.1 Å². The number of hydrogen-bond donors (Lipinski definition) is 1. The molecule has 0 aliphatic rings. The Bertz CT molecular complexity index is 157. The minimum absolute atomic E-state index is 0. The van der Waals surface area contributed by atoms with Gasteiger partial charge in [-0.3, -0.25) is 4.79 Å². The molecule has 2 N–H and O–H groups in total. The van der Waals surface area contributed by atoms with E-state index in [1.165, 1.54) is 13.8 Å². The van der Waals surface area contributed by atoms with Gasteiger partial charge in [0.05, 0.1) is 6.04 Å². The number of carbonyl (C=O) groups is 1. The Morgan fingerprint density at radius 2 is 1.67 bits per heavy atom. The first-order chi connectivity index (χ1) is 4.76. The van der Waals surface area contributed by atoms with Crippen molar-refractivity contribution in [1.29, 1.82) is 0 Å². The van der Waals surface area contributed by atoms with Crippen LogP contribution in [0, 0.1) is 5.92 Å². The van der Waals surface area contributed by atoms with Crippen LogP contribution >= 0.6 is 12.4 Å². The molecular formula is C6H11ClF3NO. The minimum Gasteiger partial charge on any atom is -0.321 e. The Morgan fingerprint density at radius 1 is 1.33 bits per heavy atom. The molecule has 0 rings (SSSR count). The predicted octanol–water partition coefficient (Wildman–Crippen LogP) is 1.52. The molecule has 0 aromatic rings. The number of carbonyl (C=O) groups excluding carboxylic acids is 1. The van der Waals surface area contributed by atoms with Gasteiger partial charge >= 0.3 is 6.18 Å². The summed E-state index contributed by atoms with van der Waals surface area (Å²) >= 11 is 0. The summed E-state index contributed by atoms with van der Waals surface area (Å²) < 4.78 is 34.9. The van der Waals surface area contributed by atoms with Crippen LogP contribution in [0.1, 0.15) is 13.8 Å². The van der Waals surface area contributed by atoms with Gasteiger partial charge in [0.1, 0.15) is 0 Å². The molecule has 0 unspecified atom stereocenters. The fraction of sp³-hybridized carbons (Fsp3) is 0.833. The molecule has 1 atom stereocenters. The molecule has 0 aromatic heterocycles. The highest BCUT2D eigenvalue weighted by Crippen LogP contribution is 2.19. The molecule has 2 nitrogen and oxygen atoms in total. The highest BCUT2D eigenvalue weighted by molar-refractivity contribution is 5.89. The highest BCUT2D eigenvalue weighted by atomic mass is 35.5. The normalized spacial score (nSPS) is 13.9. The maximum absolute atomic E-state index is 11.6. The molecule has 0 amide bonds. The third kappa shape index (κ3) is 3.92. The van der Waals surface area contributed by atoms with E-state index in [1.807, 2.05) is 0 Å². The van der Waals surface area contributed by atoms with Crippen molar-refractivity contribution in [3.05, 3.63) is 0 Å². The van der Waals surface area contributed by atoms with Gasteiger partial charge in [0.2, 0.25) is 0 Å². The average Bonchev–Trinajstić information content (AvgIpc) is 1.82. The van der Waals surface area contributed by atoms with E-state index in [9.17, 15) is 18.0 Å². The number of hydrogen-bond acceptors (Lipinski definition) is 2. The topological polar surface area (TPSA) is 43.1 Å². The van der Waals surface area contributed by atoms with Crippen molar-refractivity contribution in [2.24, 2.45) is 11.7 Å². The van der Waals surface area contributed by atoms with Crippen molar-refractivity contribution in [2.75, 3.05) is 0 Å². The van der Waals surface area contributed by atoms with E-state index in [-0.39, 0.29) is 12.4 Å². The SMILES string of the molecule is CC(C)[C@H](N)C(=O)C(F)(F)F.Cl. The van der Waals surface area contributed by atoms with Gasteiger partial charge < -0.3 is 5.73 Å². The van der Waals surface area contributed by atoms with E-state index in [4.69, 9.17) is 5.73 Å². The third-order valence-corrected chi connectivity index (χ3v) is 1.30. The van der Waals surface area contributed by atoms with Gasteiger partial charge in [-0.2, -0.15) is 13.2 Å². The first-order valence-corrected chi connectivity index (χ1v) is 3.13. The Hall–Kier alpha value is -0.290. The lowest BCUT2D eigenvalue weighted by molar-refractivity contribution is -0.173. The largest absolute Gasteiger partial charge is 0.451 e. The smallest absolute Gasteiger partial charge is 0.321 e. The van der Waals surface area contributed by atoms with E-state index < -0.39 is 23.9 Å². The van der Waals surface area contributed by atoms with Crippen LogP contribution in [0.15, 0.2) is 0 Å². The molecule has 0 aliphatic carbocycles. The fourth-order valence-corrected chi connectivity index (χ4v) is 0.492. The summed E-state index contributed by atoms with van der Waals surface area (Å²) in [4.78, 5) is 10.4. The van der Waals surface area contributed by atoms with Crippen molar-refractivity contribution in [1.82, 2.24) is 0 Å². The van der Waals surface area contributed by atoms with Crippen LogP contribution in [0.25, 0.3) is 0 Å². The van der Waals surface area contributed by atoms with E-state index in [0.717, 1.165) is 0 Å². The Kier molecular flexibility index (Phi) is 5.54. The molecule has 0 heterocycles. The van der Waals surface area contributed by atoms with Crippen molar-refractivity contribution < 1.29 is 18.0 Å². The lowest BCUT2D eigenvalue weighted by Crippen LogP contribution is -2.43. The van der Waals surface area contributed by atoms with Gasteiger partial charge in [-0.05, 0) is 5.92 Å². The van der Waals surface area contributed by atoms with Crippen molar-refractivity contribution in [3.8, 4) is 0 Å². The molecular weight excluding hydrogens is 195 g/mol. The molecule has 12 heavy (non-hydrogen) atoms. The second kappa shape index (κ2) is 4.67. The van der Waals surface area contributed by atoms with Crippen LogP contribution in [0.3, 0.4) is 0 Å². The molecule has 0 bridgehead atoms. The number of ketones is 1. The zero-order valence-corrected chi connectivity index (χ0v) is 7.50. The van der Waals surface area contributed by atoms with Gasteiger partial charge in [0, 0.05) is 0 Å². The van der Waals surface area contributed by atoms with E-state index in [2.05, 4.69) is 0 Å². The minimum atomic E-state index is -4.80. The summed E-state index contributed by atoms with van der Waals surface area (Å²) in [6.07, 6.45) is -4.80. The lowest BCUT2D eigenvalue weighted by atomic mass is 10.0. The van der Waals surface area contributed by atoms with Gasteiger partial charge in [-0.1, -0.05) is 13.8 Å². The van der Waals surface area contributed by atoms with Crippen LogP contribution in [0.4, 0.5) is 13.2 Å². The van der Waals surface area contributed by atoms with Crippen LogP contribution in [-0.4, -0.2) is 18.0 Å². The monoisotopic (exact) mass is 205 g/mol. The lowest BCUT2D eigenvalue weighted by Gasteiger charge is -2.15. The van der Waals surface area contributed by atoms with Gasteiger partial charge in [-0.15, -0.1) is 12.4 Å². The molecule has 0 saturated carbocycles. The quantitative estimate of drug-likeness (QED) is 0.743. The second-order valence-corrected chi connectivity index (χ2v) is 2.63. The molecule has 0 spiro atoms. The zero-order chi connectivity index (χ0) is 9.23. The van der Waals surface area contributed by atoms with Gasteiger partial charge in [-0.25, -0.2) is 0 Å². The summed E-state index contributed by atoms with van der Waals surface area (Å²) in [6, 6.07) is -1.44. The van der Waals surface area contributed by atoms with E-state index in [1.54, 1.807) is 0 Å². The van der Waals surface area contributed by atoms with Crippen LogP contribution in [0.5, 0.6) is 0 Å². The number of nitrogens with two attached hydrogens (primary N) is 1. The summed E-state index contributed by atoms with van der Waals surface area (Å²) in [5.74, 6) is -2.34. The molecule has 0 fully saturated rings. The first-order valence-electron chi connectivity index (χ1n) is 3.13.